The maximum absolute atomic E-state index is 5.72. The molecule has 3 rings (SSSR count). The van der Waals surface area contributed by atoms with Crippen LogP contribution in [0.4, 0.5) is 5.95 Å². The molecule has 1 heterocycles. The van der Waals surface area contributed by atoms with Crippen molar-refractivity contribution in [3.8, 4) is 5.75 Å². The number of aromatic amines is 1. The molecule has 0 fully saturated rings. The van der Waals surface area contributed by atoms with Crippen LogP contribution in [0.5, 0.6) is 5.75 Å². The van der Waals surface area contributed by atoms with Gasteiger partial charge >= 0.3 is 0 Å². The summed E-state index contributed by atoms with van der Waals surface area (Å²) in [4.78, 5) is 0. The first-order valence-corrected chi connectivity index (χ1v) is 6.54. The van der Waals surface area contributed by atoms with Crippen molar-refractivity contribution in [1.82, 2.24) is 20.6 Å². The van der Waals surface area contributed by atoms with E-state index in [2.05, 4.69) is 44.7 Å². The Labute approximate surface area is 121 Å². The Hall–Kier alpha value is -2.89. The Morgan fingerprint density at radius 3 is 2.95 bits per heavy atom. The zero-order valence-corrected chi connectivity index (χ0v) is 11.4. The third kappa shape index (κ3) is 2.84. The average molecular weight is 280 g/mol. The molecule has 1 aromatic heterocycles. The molecule has 0 radical (unpaired) electrons. The zero-order chi connectivity index (χ0) is 14.5. The number of nitrogens with zero attached hydrogens (tertiary/aromatic N) is 4. The monoisotopic (exact) mass is 280 g/mol. The van der Waals surface area contributed by atoms with Gasteiger partial charge in [-0.1, -0.05) is 43.0 Å². The molecule has 0 unspecified atom stereocenters. The fourth-order valence-corrected chi connectivity index (χ4v) is 2.14. The number of H-pyrrole nitrogens is 1. The molecule has 0 saturated carbocycles. The van der Waals surface area contributed by atoms with Gasteiger partial charge in [0, 0.05) is 12.1 Å². The minimum Gasteiger partial charge on any atom is -0.489 e. The van der Waals surface area contributed by atoms with Crippen molar-refractivity contribution in [3.63, 3.8) is 0 Å². The second-order valence-electron chi connectivity index (χ2n) is 4.39. The van der Waals surface area contributed by atoms with Crippen molar-refractivity contribution in [2.24, 2.45) is 0 Å². The van der Waals surface area contributed by atoms with Gasteiger partial charge in [0.2, 0.25) is 0 Å². The van der Waals surface area contributed by atoms with E-state index in [1.54, 1.807) is 6.08 Å². The molecule has 6 heteroatoms. The first kappa shape index (κ1) is 13.1. The molecule has 0 saturated heterocycles. The molecular weight excluding hydrogens is 266 g/mol. The van der Waals surface area contributed by atoms with E-state index in [1.165, 1.54) is 0 Å². The third-order valence-corrected chi connectivity index (χ3v) is 3.07. The Bertz CT molecular complexity index is 739. The molecule has 0 bridgehead atoms. The van der Waals surface area contributed by atoms with Gasteiger partial charge in [-0.2, -0.15) is 0 Å². The van der Waals surface area contributed by atoms with E-state index in [-0.39, 0.29) is 0 Å². The molecule has 6 nitrogen and oxygen atoms in total. The molecule has 3 aromatic rings. The fraction of sp³-hybridized carbons (Fsp3) is 0.133. The van der Waals surface area contributed by atoms with E-state index < -0.39 is 0 Å². The van der Waals surface area contributed by atoms with Crippen LogP contribution in [-0.2, 0) is 6.54 Å². The van der Waals surface area contributed by atoms with Gasteiger partial charge < -0.3 is 10.1 Å². The summed E-state index contributed by atoms with van der Waals surface area (Å²) in [6, 6.07) is 12.1. The van der Waals surface area contributed by atoms with Crippen molar-refractivity contribution >= 4 is 16.7 Å². The Morgan fingerprint density at radius 1 is 1.24 bits per heavy atom. The van der Waals surface area contributed by atoms with Gasteiger partial charge in [-0.25, -0.2) is 0 Å². The summed E-state index contributed by atoms with van der Waals surface area (Å²) >= 11 is 0. The van der Waals surface area contributed by atoms with Crippen molar-refractivity contribution in [2.45, 2.75) is 6.54 Å². The number of tetrazole rings is 1. The summed E-state index contributed by atoms with van der Waals surface area (Å²) in [5.74, 6) is 1.12. The topological polar surface area (TPSA) is 77.8 Å². The standard InChI is InChI=1S/C15H14N5O/c1-2-9-21-14-8-7-11-5-3-4-6-12(11)13(14)10-16-15-17-19-20-18-15/h2-8H,1,9-10H2,(H-,16,17,18,19,20)/q-1. The molecule has 0 spiro atoms. The molecule has 0 aliphatic carbocycles. The summed E-state index contributed by atoms with van der Waals surface area (Å²) in [6.07, 6.45) is 1.72. The number of nitrogens with one attached hydrogen (secondary N) is 1. The highest BCUT2D eigenvalue weighted by atomic mass is 16.5. The summed E-state index contributed by atoms with van der Waals surface area (Å²) in [5, 5.41) is 20.1. The molecule has 106 valence electrons. The number of aromatic nitrogens is 4. The van der Waals surface area contributed by atoms with Crippen molar-refractivity contribution in [3.05, 3.63) is 59.9 Å². The van der Waals surface area contributed by atoms with Crippen LogP contribution in [0, 0.1) is 0 Å². The number of benzene rings is 2. The lowest BCUT2D eigenvalue weighted by molar-refractivity contribution is 0.360. The number of rotatable bonds is 6. The number of hydrogen-bond donors (Lipinski definition) is 1. The molecule has 0 amide bonds. The van der Waals surface area contributed by atoms with Crippen LogP contribution in [0.15, 0.2) is 49.1 Å². The van der Waals surface area contributed by atoms with Crippen molar-refractivity contribution in [1.29, 1.82) is 0 Å². The SMILES string of the molecule is C=CCOc1ccc2ccccc2c1C[N-]c1nn[nH]n1. The van der Waals surface area contributed by atoms with Gasteiger partial charge in [-0.15, -0.1) is 5.21 Å². The minimum absolute atomic E-state index is 0.331. The van der Waals surface area contributed by atoms with Crippen molar-refractivity contribution in [2.75, 3.05) is 6.61 Å². The van der Waals surface area contributed by atoms with Crippen LogP contribution < -0.4 is 4.74 Å². The van der Waals surface area contributed by atoms with Crippen LogP contribution in [0.2, 0.25) is 0 Å². The zero-order valence-electron chi connectivity index (χ0n) is 11.4. The minimum atomic E-state index is 0.331. The fourth-order valence-electron chi connectivity index (χ4n) is 2.14. The van der Waals surface area contributed by atoms with Crippen LogP contribution in [-0.4, -0.2) is 27.2 Å². The first-order chi connectivity index (χ1) is 10.4. The van der Waals surface area contributed by atoms with Gasteiger partial charge in [-0.3, -0.25) is 15.4 Å². The van der Waals surface area contributed by atoms with Gasteiger partial charge in [0.1, 0.15) is 12.4 Å². The maximum Gasteiger partial charge on any atom is 0.124 e. The number of fused-ring (bicyclic) bond motifs is 1. The molecule has 2 aromatic carbocycles. The van der Waals surface area contributed by atoms with Crippen LogP contribution in [0.25, 0.3) is 16.1 Å². The molecule has 1 N–H and O–H groups in total. The first-order valence-electron chi connectivity index (χ1n) is 6.54. The van der Waals surface area contributed by atoms with E-state index in [1.807, 2.05) is 24.3 Å². The lowest BCUT2D eigenvalue weighted by Gasteiger charge is -2.15. The number of hydrogen-bond acceptors (Lipinski definition) is 4. The van der Waals surface area contributed by atoms with Crippen LogP contribution in [0.1, 0.15) is 5.56 Å². The average Bonchev–Trinajstić information content (AvgIpc) is 3.04. The van der Waals surface area contributed by atoms with E-state index >= 15 is 0 Å². The van der Waals surface area contributed by atoms with Gasteiger partial charge in [0.15, 0.2) is 0 Å². The van der Waals surface area contributed by atoms with Gasteiger partial charge in [-0.05, 0) is 16.8 Å². The van der Waals surface area contributed by atoms with E-state index in [4.69, 9.17) is 4.74 Å². The highest BCUT2D eigenvalue weighted by Gasteiger charge is 2.07. The molecule has 0 aliphatic rings. The Kier molecular flexibility index (Phi) is 3.77. The lowest BCUT2D eigenvalue weighted by Crippen LogP contribution is -1.98. The molecule has 21 heavy (non-hydrogen) atoms. The molecule has 0 aliphatic heterocycles. The second kappa shape index (κ2) is 6.04. The number of ether oxygens (including phenoxy) is 1. The summed E-state index contributed by atoms with van der Waals surface area (Å²) in [5.41, 5.74) is 1.000. The summed E-state index contributed by atoms with van der Waals surface area (Å²) < 4.78 is 5.72. The largest absolute Gasteiger partial charge is 0.489 e. The van der Waals surface area contributed by atoms with Crippen LogP contribution in [0.3, 0.4) is 0 Å². The molecular formula is C15H14N5O-. The Balaban J connectivity index is 1.96. The third-order valence-electron chi connectivity index (χ3n) is 3.07. The van der Waals surface area contributed by atoms with E-state index in [0.29, 0.717) is 19.1 Å². The van der Waals surface area contributed by atoms with Gasteiger partial charge in [0.05, 0.1) is 5.95 Å². The highest BCUT2D eigenvalue weighted by Crippen LogP contribution is 2.31. The lowest BCUT2D eigenvalue weighted by atomic mass is 10.0. The van der Waals surface area contributed by atoms with Crippen molar-refractivity contribution < 1.29 is 4.74 Å². The van der Waals surface area contributed by atoms with Crippen LogP contribution >= 0.6 is 0 Å². The second-order valence-corrected chi connectivity index (χ2v) is 4.39. The van der Waals surface area contributed by atoms with E-state index in [9.17, 15) is 0 Å². The molecule has 0 atom stereocenters. The summed E-state index contributed by atoms with van der Waals surface area (Å²) in [7, 11) is 0. The quantitative estimate of drug-likeness (QED) is 0.704. The van der Waals surface area contributed by atoms with Gasteiger partial charge in [0.25, 0.3) is 0 Å². The Morgan fingerprint density at radius 2 is 2.14 bits per heavy atom. The summed E-state index contributed by atoms with van der Waals surface area (Å²) in [6.45, 7) is 4.55. The van der Waals surface area contributed by atoms with E-state index in [0.717, 1.165) is 22.1 Å². The normalized spacial score (nSPS) is 10.5. The highest BCUT2D eigenvalue weighted by molar-refractivity contribution is 5.88. The predicted molar refractivity (Wildman–Crippen MR) is 80.5 cm³/mol. The smallest absolute Gasteiger partial charge is 0.124 e. The maximum atomic E-state index is 5.72. The predicted octanol–water partition coefficient (Wildman–Crippen LogP) is 3.12.